The van der Waals surface area contributed by atoms with Gasteiger partial charge in [-0.3, -0.25) is 9.59 Å². The molecule has 0 atom stereocenters. The number of hydrogen-bond donors (Lipinski definition) is 2. The van der Waals surface area contributed by atoms with E-state index in [0.717, 1.165) is 18.2 Å². The first-order chi connectivity index (χ1) is 12.5. The molecule has 0 heterocycles. The number of alkyl halides is 3. The molecule has 152 valence electrons. The number of ether oxygens (including phenoxy) is 1. The van der Waals surface area contributed by atoms with Crippen LogP contribution < -0.4 is 10.0 Å². The monoisotopic (exact) mass is 410 g/mol. The Balaban J connectivity index is 2.59. The van der Waals surface area contributed by atoms with Gasteiger partial charge in [0.25, 0.3) is 5.91 Å². The number of halogens is 3. The van der Waals surface area contributed by atoms with E-state index in [-0.39, 0.29) is 6.04 Å². The summed E-state index contributed by atoms with van der Waals surface area (Å²) in [6.07, 6.45) is -3.30. The number of nitrogens with one attached hydrogen (secondary N) is 2. The summed E-state index contributed by atoms with van der Waals surface area (Å²) in [4.78, 5) is 22.5. The van der Waals surface area contributed by atoms with Gasteiger partial charge in [-0.2, -0.15) is 17.9 Å². The van der Waals surface area contributed by atoms with E-state index < -0.39 is 51.7 Å². The van der Waals surface area contributed by atoms with Crippen molar-refractivity contribution in [1.82, 2.24) is 10.0 Å². The van der Waals surface area contributed by atoms with Crippen LogP contribution in [0.25, 0.3) is 0 Å². The normalized spacial score (nSPS) is 12.1. The van der Waals surface area contributed by atoms with Gasteiger partial charge >= 0.3 is 12.1 Å². The number of sulfonamides is 1. The van der Waals surface area contributed by atoms with Gasteiger partial charge in [-0.15, -0.1) is 0 Å². The molecule has 1 amide bonds. The maximum absolute atomic E-state index is 12.7. The first-order valence-electron chi connectivity index (χ1n) is 8.11. The Bertz CT molecular complexity index is 762. The van der Waals surface area contributed by atoms with Crippen LogP contribution in [-0.4, -0.2) is 39.5 Å². The van der Waals surface area contributed by atoms with Gasteiger partial charge in [-0.05, 0) is 31.0 Å². The summed E-state index contributed by atoms with van der Waals surface area (Å²) in [6.45, 7) is 2.35. The van der Waals surface area contributed by atoms with E-state index in [1.54, 1.807) is 0 Å². The number of esters is 1. The van der Waals surface area contributed by atoms with E-state index in [1.165, 1.54) is 0 Å². The second-order valence-corrected chi connectivity index (χ2v) is 7.36. The molecule has 0 unspecified atom stereocenters. The van der Waals surface area contributed by atoms with Crippen molar-refractivity contribution in [2.75, 3.05) is 13.2 Å². The van der Waals surface area contributed by atoms with Crippen LogP contribution in [0.1, 0.15) is 32.3 Å². The van der Waals surface area contributed by atoms with Crippen LogP contribution in [0.2, 0.25) is 0 Å². The van der Waals surface area contributed by atoms with Crippen molar-refractivity contribution < 1.29 is 35.9 Å². The molecule has 1 aromatic rings. The molecule has 0 bridgehead atoms. The Morgan fingerprint density at radius 2 is 1.81 bits per heavy atom. The molecule has 2 N–H and O–H groups in total. The van der Waals surface area contributed by atoms with Crippen molar-refractivity contribution in [1.29, 1.82) is 0 Å². The highest BCUT2D eigenvalue weighted by molar-refractivity contribution is 7.89. The maximum atomic E-state index is 12.7. The summed E-state index contributed by atoms with van der Waals surface area (Å²) >= 11 is 0. The van der Waals surface area contributed by atoms with Crippen LogP contribution in [0.5, 0.6) is 0 Å². The molecule has 0 aliphatic heterocycles. The lowest BCUT2D eigenvalue weighted by Gasteiger charge is -2.14. The number of amides is 1. The largest absolute Gasteiger partial charge is 0.455 e. The minimum absolute atomic E-state index is 0.0596. The van der Waals surface area contributed by atoms with Crippen LogP contribution in [0.15, 0.2) is 29.2 Å². The summed E-state index contributed by atoms with van der Waals surface area (Å²) in [7, 11) is -4.35. The van der Waals surface area contributed by atoms with Crippen LogP contribution in [-0.2, 0) is 30.5 Å². The number of carbonyl (C=O) groups is 2. The van der Waals surface area contributed by atoms with Crippen molar-refractivity contribution in [2.45, 2.75) is 43.8 Å². The Morgan fingerprint density at radius 1 is 1.19 bits per heavy atom. The topological polar surface area (TPSA) is 102 Å². The van der Waals surface area contributed by atoms with E-state index in [1.807, 2.05) is 18.6 Å². The van der Waals surface area contributed by atoms with Crippen molar-refractivity contribution in [3.05, 3.63) is 29.8 Å². The number of carbonyl (C=O) groups excluding carboxylic acids is 2. The van der Waals surface area contributed by atoms with E-state index >= 15 is 0 Å². The summed E-state index contributed by atoms with van der Waals surface area (Å²) in [5.74, 6) is -1.57. The molecule has 0 saturated carbocycles. The van der Waals surface area contributed by atoms with Gasteiger partial charge in [-0.1, -0.05) is 19.9 Å². The van der Waals surface area contributed by atoms with Crippen LogP contribution in [0.4, 0.5) is 13.2 Å². The molecule has 11 heteroatoms. The van der Waals surface area contributed by atoms with Gasteiger partial charge in [0.2, 0.25) is 10.0 Å². The van der Waals surface area contributed by atoms with E-state index in [0.29, 0.717) is 18.9 Å². The SMILES string of the molecule is CCC(CC)NC(=O)COC(=O)CNS(=O)(=O)c1cccc(C(F)(F)F)c1. The van der Waals surface area contributed by atoms with Gasteiger partial charge in [0.1, 0.15) is 6.54 Å². The van der Waals surface area contributed by atoms with Gasteiger partial charge in [0, 0.05) is 6.04 Å². The quantitative estimate of drug-likeness (QED) is 0.605. The second-order valence-electron chi connectivity index (χ2n) is 5.59. The number of benzene rings is 1. The number of hydrogen-bond acceptors (Lipinski definition) is 5. The summed E-state index contributed by atoms with van der Waals surface area (Å²) < 4.78 is 68.5. The Labute approximate surface area is 155 Å². The fourth-order valence-corrected chi connectivity index (χ4v) is 3.05. The maximum Gasteiger partial charge on any atom is 0.416 e. The average molecular weight is 410 g/mol. The molecule has 1 rings (SSSR count). The van der Waals surface area contributed by atoms with Crippen molar-refractivity contribution in [3.8, 4) is 0 Å². The molecule has 0 fully saturated rings. The Morgan fingerprint density at radius 3 is 2.37 bits per heavy atom. The van der Waals surface area contributed by atoms with E-state index in [9.17, 15) is 31.2 Å². The van der Waals surface area contributed by atoms with Gasteiger partial charge < -0.3 is 10.1 Å². The minimum atomic E-state index is -4.70. The standard InChI is InChI=1S/C16H21F3N2O5S/c1-3-12(4-2)21-14(22)10-26-15(23)9-20-27(24,25)13-7-5-6-11(8-13)16(17,18)19/h5-8,12,20H,3-4,9-10H2,1-2H3,(H,21,22). The first-order valence-corrected chi connectivity index (χ1v) is 9.59. The third kappa shape index (κ3) is 7.55. The first kappa shape index (κ1) is 22.9. The fourth-order valence-electron chi connectivity index (χ4n) is 2.04. The lowest BCUT2D eigenvalue weighted by molar-refractivity contribution is -0.147. The van der Waals surface area contributed by atoms with Crippen molar-refractivity contribution >= 4 is 21.9 Å². The highest BCUT2D eigenvalue weighted by Gasteiger charge is 2.31. The zero-order chi connectivity index (χ0) is 20.7. The third-order valence-electron chi connectivity index (χ3n) is 3.59. The van der Waals surface area contributed by atoms with E-state index in [2.05, 4.69) is 10.1 Å². The van der Waals surface area contributed by atoms with Gasteiger partial charge in [-0.25, -0.2) is 8.42 Å². The van der Waals surface area contributed by atoms with Crippen LogP contribution in [0.3, 0.4) is 0 Å². The molecular formula is C16H21F3N2O5S. The lowest BCUT2D eigenvalue weighted by Crippen LogP contribution is -2.38. The molecule has 7 nitrogen and oxygen atoms in total. The fraction of sp³-hybridized carbons (Fsp3) is 0.500. The summed E-state index contributed by atoms with van der Waals surface area (Å²) in [5, 5.41) is 2.63. The molecule has 0 spiro atoms. The predicted octanol–water partition coefficient (Wildman–Crippen LogP) is 1.83. The molecule has 27 heavy (non-hydrogen) atoms. The van der Waals surface area contributed by atoms with Gasteiger partial charge in [0.15, 0.2) is 6.61 Å². The smallest absolute Gasteiger partial charge is 0.416 e. The second kappa shape index (κ2) is 9.70. The predicted molar refractivity (Wildman–Crippen MR) is 90.1 cm³/mol. The molecule has 1 aromatic carbocycles. The van der Waals surface area contributed by atoms with Crippen molar-refractivity contribution in [3.63, 3.8) is 0 Å². The molecular weight excluding hydrogens is 389 g/mol. The Kier molecular flexibility index (Phi) is 8.22. The van der Waals surface area contributed by atoms with E-state index in [4.69, 9.17) is 0 Å². The molecule has 0 aliphatic rings. The van der Waals surface area contributed by atoms with Crippen LogP contribution >= 0.6 is 0 Å². The average Bonchev–Trinajstić information content (AvgIpc) is 2.62. The summed E-state index contributed by atoms with van der Waals surface area (Å²) in [6, 6.07) is 3.03. The zero-order valence-electron chi connectivity index (χ0n) is 14.8. The third-order valence-corrected chi connectivity index (χ3v) is 4.99. The highest BCUT2D eigenvalue weighted by atomic mass is 32.2. The summed E-state index contributed by atoms with van der Waals surface area (Å²) in [5.41, 5.74) is -1.13. The van der Waals surface area contributed by atoms with Crippen LogP contribution in [0, 0.1) is 0 Å². The molecule has 0 aromatic heterocycles. The lowest BCUT2D eigenvalue weighted by atomic mass is 10.2. The molecule has 0 aliphatic carbocycles. The highest BCUT2D eigenvalue weighted by Crippen LogP contribution is 2.30. The number of rotatable bonds is 9. The zero-order valence-corrected chi connectivity index (χ0v) is 15.6. The molecule has 0 saturated heterocycles. The van der Waals surface area contributed by atoms with Crippen molar-refractivity contribution in [2.24, 2.45) is 0 Å². The van der Waals surface area contributed by atoms with Gasteiger partial charge in [0.05, 0.1) is 10.5 Å². The minimum Gasteiger partial charge on any atom is -0.455 e. The Hall–Kier alpha value is -2.14. The molecule has 0 radical (unpaired) electrons.